The monoisotopic (exact) mass is 627 g/mol. The molecule has 0 amide bonds. The van der Waals surface area contributed by atoms with Crippen LogP contribution in [0, 0.1) is 17.5 Å². The number of imidazole rings is 1. The number of ether oxygens (including phenoxy) is 3. The second-order valence-corrected chi connectivity index (χ2v) is 12.4. The predicted octanol–water partition coefficient (Wildman–Crippen LogP) is 5.72. The zero-order chi connectivity index (χ0) is 31.4. The number of halogens is 3. The Morgan fingerprint density at radius 2 is 1.95 bits per heavy atom. The number of hydrogen-bond donors (Lipinski definition) is 3. The Bertz CT molecular complexity index is 2060. The van der Waals surface area contributed by atoms with E-state index in [1.807, 2.05) is 13.0 Å². The van der Waals surface area contributed by atoms with Gasteiger partial charge in [0.1, 0.15) is 22.3 Å². The molecule has 228 valence electrons. The maximum Gasteiger partial charge on any atom is 0.341 e. The highest BCUT2D eigenvalue weighted by atomic mass is 32.2. The van der Waals surface area contributed by atoms with Crippen LogP contribution in [0.1, 0.15) is 24.6 Å². The van der Waals surface area contributed by atoms with Crippen molar-refractivity contribution in [1.29, 1.82) is 0 Å². The van der Waals surface area contributed by atoms with Crippen molar-refractivity contribution in [1.82, 2.24) is 15.0 Å². The minimum Gasteiger partial charge on any atom is -0.489 e. The van der Waals surface area contributed by atoms with Gasteiger partial charge in [0.05, 0.1) is 17.7 Å². The summed E-state index contributed by atoms with van der Waals surface area (Å²) in [5.41, 5.74) is 0.159. The highest BCUT2D eigenvalue weighted by Gasteiger charge is 2.38. The number of aromatic nitrogens is 3. The van der Waals surface area contributed by atoms with E-state index in [2.05, 4.69) is 15.0 Å². The van der Waals surface area contributed by atoms with Gasteiger partial charge in [-0.3, -0.25) is 0 Å². The van der Waals surface area contributed by atoms with Gasteiger partial charge in [0.15, 0.2) is 39.5 Å². The fourth-order valence-electron chi connectivity index (χ4n) is 5.36. The molecule has 0 fully saturated rings. The van der Waals surface area contributed by atoms with Crippen LogP contribution in [0.5, 0.6) is 23.0 Å². The quantitative estimate of drug-likeness (QED) is 0.185. The average Bonchev–Trinajstić information content (AvgIpc) is 3.66. The second-order valence-electron chi connectivity index (χ2n) is 10.5. The molecule has 5 aromatic rings. The molecule has 0 spiro atoms. The molecule has 3 aromatic carbocycles. The number of carbonyl (C=O) groups is 1. The van der Waals surface area contributed by atoms with Crippen LogP contribution in [0.2, 0.25) is 0 Å². The van der Waals surface area contributed by atoms with Gasteiger partial charge in [-0.1, -0.05) is 12.1 Å². The van der Waals surface area contributed by atoms with Crippen molar-refractivity contribution in [3.63, 3.8) is 0 Å². The summed E-state index contributed by atoms with van der Waals surface area (Å²) >= 11 is 0. The number of nitrogens with zero attached hydrogens (tertiary/aromatic N) is 1. The number of fused-ring (bicyclic) bond motifs is 2. The van der Waals surface area contributed by atoms with Crippen molar-refractivity contribution in [2.45, 2.75) is 23.7 Å². The van der Waals surface area contributed by atoms with Crippen molar-refractivity contribution in [2.75, 3.05) is 19.5 Å². The smallest absolute Gasteiger partial charge is 0.341 e. The number of benzene rings is 3. The lowest BCUT2D eigenvalue weighted by Gasteiger charge is -2.35. The van der Waals surface area contributed by atoms with Gasteiger partial charge in [0.2, 0.25) is 5.82 Å². The van der Waals surface area contributed by atoms with Gasteiger partial charge < -0.3 is 29.3 Å². The van der Waals surface area contributed by atoms with E-state index in [9.17, 15) is 17.6 Å². The molecule has 0 radical (unpaired) electrons. The lowest BCUT2D eigenvalue weighted by atomic mass is 9.75. The summed E-state index contributed by atoms with van der Waals surface area (Å²) in [6.45, 7) is 1.65. The van der Waals surface area contributed by atoms with E-state index in [-0.39, 0.29) is 40.4 Å². The summed E-state index contributed by atoms with van der Waals surface area (Å²) < 4.78 is 87.1. The Hall–Kier alpha value is -4.98. The summed E-state index contributed by atoms with van der Waals surface area (Å²) in [5, 5.41) is 8.92. The van der Waals surface area contributed by atoms with Gasteiger partial charge in [-0.15, -0.1) is 0 Å². The van der Waals surface area contributed by atoms with Crippen LogP contribution in [-0.4, -0.2) is 53.9 Å². The fraction of sp³-hybridized carbons (Fsp3) is 0.200. The summed E-state index contributed by atoms with van der Waals surface area (Å²) in [6, 6.07) is 9.79. The number of rotatable bonds is 8. The maximum absolute atomic E-state index is 15.2. The zero-order valence-corrected chi connectivity index (χ0v) is 24.0. The van der Waals surface area contributed by atoms with Crippen LogP contribution in [0.4, 0.5) is 13.2 Å². The zero-order valence-electron chi connectivity index (χ0n) is 23.2. The first-order valence-corrected chi connectivity index (χ1v) is 15.1. The number of hydrogen-bond acceptors (Lipinski definition) is 7. The minimum absolute atomic E-state index is 0.0762. The van der Waals surface area contributed by atoms with Crippen LogP contribution in [-0.2, 0) is 20.0 Å². The number of aromatic amines is 2. The second kappa shape index (κ2) is 10.6. The van der Waals surface area contributed by atoms with E-state index < -0.39 is 55.9 Å². The van der Waals surface area contributed by atoms with Crippen molar-refractivity contribution in [2.24, 2.45) is 0 Å². The molecule has 1 aliphatic rings. The van der Waals surface area contributed by atoms with Crippen LogP contribution in [0.25, 0.3) is 22.3 Å². The van der Waals surface area contributed by atoms with Crippen LogP contribution in [0.15, 0.2) is 59.8 Å². The topological polar surface area (TPSA) is 144 Å². The fourth-order valence-corrected chi connectivity index (χ4v) is 6.40. The standard InChI is InChI=1S/C30H24F3N3O7S/c1-30(9-11-41-26-18(30)4-3-5-20(26)42-14-22(37)38)21-13-35-29(36-21)17-12-15(6-7-19(17)31)43-27-24(33)23(32)25-16(8-10-34-25)28(27)44(2,39)40/h3-8,10,12-13,34H,9,11,14H2,1-2H3,(H,35,36)(H,37,38). The van der Waals surface area contributed by atoms with E-state index >= 15 is 8.78 Å². The molecular weight excluding hydrogens is 603 g/mol. The van der Waals surface area contributed by atoms with E-state index in [0.29, 0.717) is 23.4 Å². The van der Waals surface area contributed by atoms with Crippen molar-refractivity contribution < 1.29 is 45.7 Å². The highest BCUT2D eigenvalue weighted by molar-refractivity contribution is 7.91. The number of carboxylic acids is 1. The highest BCUT2D eigenvalue weighted by Crippen LogP contribution is 2.47. The number of nitrogens with one attached hydrogen (secondary N) is 2. The van der Waals surface area contributed by atoms with E-state index in [1.54, 1.807) is 12.1 Å². The Morgan fingerprint density at radius 1 is 1.16 bits per heavy atom. The Balaban J connectivity index is 1.38. The molecule has 1 unspecified atom stereocenters. The van der Waals surface area contributed by atoms with Crippen LogP contribution >= 0.6 is 0 Å². The molecule has 3 N–H and O–H groups in total. The Morgan fingerprint density at radius 3 is 2.70 bits per heavy atom. The first-order valence-electron chi connectivity index (χ1n) is 13.2. The number of sulfone groups is 1. The molecule has 0 aliphatic carbocycles. The SMILES string of the molecule is CC1(c2cnc(-c3cc(Oc4c(F)c(F)c5[nH]ccc5c4S(C)(=O)=O)ccc3F)[nH]2)CCOc2c(OCC(=O)O)cccc21. The van der Waals surface area contributed by atoms with Gasteiger partial charge in [-0.25, -0.2) is 27.0 Å². The normalized spacial score (nSPS) is 16.4. The molecule has 44 heavy (non-hydrogen) atoms. The third-order valence-electron chi connectivity index (χ3n) is 7.54. The third-order valence-corrected chi connectivity index (χ3v) is 8.68. The molecule has 3 heterocycles. The van der Waals surface area contributed by atoms with Gasteiger partial charge in [-0.2, -0.15) is 4.39 Å². The predicted molar refractivity (Wildman–Crippen MR) is 152 cm³/mol. The van der Waals surface area contributed by atoms with Gasteiger partial charge in [0.25, 0.3) is 0 Å². The van der Waals surface area contributed by atoms with Crippen molar-refractivity contribution in [3.8, 4) is 34.4 Å². The van der Waals surface area contributed by atoms with E-state index in [1.165, 1.54) is 24.5 Å². The Labute approximate surface area is 248 Å². The third kappa shape index (κ3) is 4.90. The van der Waals surface area contributed by atoms with E-state index in [0.717, 1.165) is 18.4 Å². The molecule has 2 aromatic heterocycles. The summed E-state index contributed by atoms with van der Waals surface area (Å²) in [5.74, 6) is -4.99. The summed E-state index contributed by atoms with van der Waals surface area (Å²) in [7, 11) is -4.10. The minimum atomic E-state index is -4.10. The van der Waals surface area contributed by atoms with Gasteiger partial charge >= 0.3 is 5.97 Å². The largest absolute Gasteiger partial charge is 0.489 e. The number of para-hydroxylation sites is 1. The summed E-state index contributed by atoms with van der Waals surface area (Å²) in [6.07, 6.45) is 4.14. The van der Waals surface area contributed by atoms with Gasteiger partial charge in [0, 0.05) is 40.7 Å². The number of aliphatic carboxylic acids is 1. The van der Waals surface area contributed by atoms with Crippen molar-refractivity contribution >= 4 is 26.7 Å². The lowest BCUT2D eigenvalue weighted by molar-refractivity contribution is -0.139. The lowest BCUT2D eigenvalue weighted by Crippen LogP contribution is -2.31. The number of H-pyrrole nitrogens is 2. The molecule has 14 heteroatoms. The molecular formula is C30H24F3N3O7S. The molecule has 10 nitrogen and oxygen atoms in total. The number of carboxylic acid groups (broad SMARTS) is 1. The van der Waals surface area contributed by atoms with Crippen LogP contribution in [0.3, 0.4) is 0 Å². The van der Waals surface area contributed by atoms with Gasteiger partial charge in [-0.05, 0) is 43.7 Å². The average molecular weight is 628 g/mol. The van der Waals surface area contributed by atoms with Crippen LogP contribution < -0.4 is 14.2 Å². The molecule has 0 bridgehead atoms. The van der Waals surface area contributed by atoms with Crippen molar-refractivity contribution in [3.05, 3.63) is 83.6 Å². The Kier molecular flexibility index (Phi) is 7.03. The first-order chi connectivity index (χ1) is 20.9. The van der Waals surface area contributed by atoms with E-state index in [4.69, 9.17) is 19.3 Å². The summed E-state index contributed by atoms with van der Waals surface area (Å²) in [4.78, 5) is 20.4. The molecule has 6 rings (SSSR count). The first kappa shape index (κ1) is 29.1. The molecule has 1 atom stereocenters. The molecule has 1 aliphatic heterocycles. The molecule has 0 saturated carbocycles. The maximum atomic E-state index is 15.2. The molecule has 0 saturated heterocycles.